The molecule has 1 unspecified atom stereocenters. The second kappa shape index (κ2) is 5.68. The van der Waals surface area contributed by atoms with Crippen molar-refractivity contribution in [1.29, 1.82) is 0 Å². The molecule has 0 aliphatic heterocycles. The first-order valence-electron chi connectivity index (χ1n) is 6.51. The predicted molar refractivity (Wildman–Crippen MR) is 76.3 cm³/mol. The lowest BCUT2D eigenvalue weighted by atomic mass is 10.0. The first-order chi connectivity index (χ1) is 9.79. The Labute approximate surface area is 121 Å². The summed E-state index contributed by atoms with van der Waals surface area (Å²) in [6.45, 7) is 3.40. The Balaban J connectivity index is 2.28. The van der Waals surface area contributed by atoms with Crippen LogP contribution in [0.2, 0.25) is 0 Å². The van der Waals surface area contributed by atoms with Crippen molar-refractivity contribution < 1.29 is 18.3 Å². The van der Waals surface area contributed by atoms with Gasteiger partial charge in [-0.05, 0) is 49.2 Å². The summed E-state index contributed by atoms with van der Waals surface area (Å²) in [5.41, 5.74) is 0.877. The molecule has 0 heterocycles. The molecule has 0 radical (unpaired) electrons. The van der Waals surface area contributed by atoms with Crippen LogP contribution in [0, 0.1) is 6.92 Å². The summed E-state index contributed by atoms with van der Waals surface area (Å²) in [7, 11) is 0. The van der Waals surface area contributed by atoms with Gasteiger partial charge in [-0.25, -0.2) is 0 Å². The molecule has 0 aromatic heterocycles. The molecule has 0 spiro atoms. The summed E-state index contributed by atoms with van der Waals surface area (Å²) in [4.78, 5) is 0. The van der Waals surface area contributed by atoms with Gasteiger partial charge >= 0.3 is 6.18 Å². The molecule has 5 heteroatoms. The van der Waals surface area contributed by atoms with E-state index in [9.17, 15) is 18.3 Å². The van der Waals surface area contributed by atoms with Gasteiger partial charge in [0, 0.05) is 11.7 Å². The zero-order chi connectivity index (χ0) is 15.6. The molecule has 0 saturated carbocycles. The molecule has 112 valence electrons. The van der Waals surface area contributed by atoms with Crippen molar-refractivity contribution in [1.82, 2.24) is 0 Å². The molecule has 21 heavy (non-hydrogen) atoms. The average Bonchev–Trinajstić information content (AvgIpc) is 2.42. The molecule has 2 aromatic carbocycles. The van der Waals surface area contributed by atoms with E-state index >= 15 is 0 Å². The van der Waals surface area contributed by atoms with Crippen molar-refractivity contribution in [3.63, 3.8) is 0 Å². The highest BCUT2D eigenvalue weighted by molar-refractivity contribution is 5.52. The first kappa shape index (κ1) is 15.2. The highest BCUT2D eigenvalue weighted by Gasteiger charge is 2.34. The van der Waals surface area contributed by atoms with Gasteiger partial charge in [-0.2, -0.15) is 13.2 Å². The van der Waals surface area contributed by atoms with E-state index in [0.29, 0.717) is 11.3 Å². The summed E-state index contributed by atoms with van der Waals surface area (Å²) in [5, 5.41) is 12.5. The maximum absolute atomic E-state index is 13.0. The van der Waals surface area contributed by atoms with E-state index in [0.717, 1.165) is 6.07 Å². The van der Waals surface area contributed by atoms with E-state index in [1.54, 1.807) is 32.0 Å². The van der Waals surface area contributed by atoms with Crippen LogP contribution in [0.1, 0.15) is 29.7 Å². The van der Waals surface area contributed by atoms with Gasteiger partial charge in [0.25, 0.3) is 0 Å². The molecule has 2 aromatic rings. The number of hydrogen-bond acceptors (Lipinski definition) is 2. The Hall–Kier alpha value is -2.17. The minimum absolute atomic E-state index is 0.156. The summed E-state index contributed by atoms with van der Waals surface area (Å²) in [6, 6.07) is 9.85. The van der Waals surface area contributed by atoms with Crippen LogP contribution >= 0.6 is 0 Å². The third-order valence-corrected chi connectivity index (χ3v) is 3.31. The fourth-order valence-electron chi connectivity index (χ4n) is 2.21. The molecule has 2 rings (SSSR count). The first-order valence-corrected chi connectivity index (χ1v) is 6.51. The fourth-order valence-corrected chi connectivity index (χ4v) is 2.21. The summed E-state index contributed by atoms with van der Waals surface area (Å²) < 4.78 is 39.0. The van der Waals surface area contributed by atoms with E-state index in [-0.39, 0.29) is 11.3 Å². The third-order valence-electron chi connectivity index (χ3n) is 3.31. The van der Waals surface area contributed by atoms with Crippen molar-refractivity contribution in [3.05, 3.63) is 59.2 Å². The van der Waals surface area contributed by atoms with E-state index in [1.165, 1.54) is 18.2 Å². The van der Waals surface area contributed by atoms with Gasteiger partial charge < -0.3 is 10.4 Å². The Morgan fingerprint density at radius 1 is 1.10 bits per heavy atom. The number of rotatable bonds is 3. The van der Waals surface area contributed by atoms with Crippen LogP contribution in [0.3, 0.4) is 0 Å². The van der Waals surface area contributed by atoms with Crippen LogP contribution < -0.4 is 5.32 Å². The summed E-state index contributed by atoms with van der Waals surface area (Å²) >= 11 is 0. The van der Waals surface area contributed by atoms with Gasteiger partial charge in [0.2, 0.25) is 0 Å². The van der Waals surface area contributed by atoms with Crippen molar-refractivity contribution in [3.8, 4) is 5.75 Å². The molecule has 2 nitrogen and oxygen atoms in total. The zero-order valence-corrected chi connectivity index (χ0v) is 11.7. The van der Waals surface area contributed by atoms with Gasteiger partial charge in [0.15, 0.2) is 0 Å². The minimum Gasteiger partial charge on any atom is -0.508 e. The number of nitrogens with one attached hydrogen (secondary N) is 1. The molecule has 1 atom stereocenters. The van der Waals surface area contributed by atoms with Crippen LogP contribution in [-0.4, -0.2) is 5.11 Å². The summed E-state index contributed by atoms with van der Waals surface area (Å²) in [5.74, 6) is 0.156. The lowest BCUT2D eigenvalue weighted by Gasteiger charge is -2.20. The molecule has 0 bridgehead atoms. The molecule has 2 N–H and O–H groups in total. The van der Waals surface area contributed by atoms with Crippen molar-refractivity contribution in [2.45, 2.75) is 26.1 Å². The zero-order valence-electron chi connectivity index (χ0n) is 11.7. The molecular weight excluding hydrogens is 279 g/mol. The maximum atomic E-state index is 13.0. The van der Waals surface area contributed by atoms with Crippen LogP contribution in [-0.2, 0) is 6.18 Å². The molecule has 0 aliphatic rings. The van der Waals surface area contributed by atoms with Crippen molar-refractivity contribution >= 4 is 5.69 Å². The minimum atomic E-state index is -4.38. The largest absolute Gasteiger partial charge is 0.508 e. The van der Waals surface area contributed by atoms with Crippen LogP contribution in [0.4, 0.5) is 18.9 Å². The number of aromatic hydroxyl groups is 1. The van der Waals surface area contributed by atoms with Crippen molar-refractivity contribution in [2.24, 2.45) is 0 Å². The quantitative estimate of drug-likeness (QED) is 0.790. The van der Waals surface area contributed by atoms with E-state index in [4.69, 9.17) is 0 Å². The smallest absolute Gasteiger partial charge is 0.416 e. The number of phenolic OH excluding ortho intramolecular Hbond substituents is 1. The molecule has 0 fully saturated rings. The highest BCUT2D eigenvalue weighted by Crippen LogP contribution is 2.35. The standard InChI is InChI=1S/C16H16F3NO/c1-10-9-12(7-8-15(10)21)20-11(2)13-5-3-4-6-14(13)16(17,18)19/h3-9,11,20-21H,1-2H3. The second-order valence-corrected chi connectivity index (χ2v) is 4.95. The Morgan fingerprint density at radius 3 is 2.38 bits per heavy atom. The van der Waals surface area contributed by atoms with E-state index in [2.05, 4.69) is 5.32 Å². The number of anilines is 1. The number of aryl methyl sites for hydroxylation is 1. The van der Waals surface area contributed by atoms with Crippen LogP contribution in [0.25, 0.3) is 0 Å². The Morgan fingerprint density at radius 2 is 1.76 bits per heavy atom. The maximum Gasteiger partial charge on any atom is 0.416 e. The number of benzene rings is 2. The molecule has 0 aliphatic carbocycles. The predicted octanol–water partition coefficient (Wildman–Crippen LogP) is 4.89. The Kier molecular flexibility index (Phi) is 4.11. The van der Waals surface area contributed by atoms with E-state index < -0.39 is 17.8 Å². The number of hydrogen-bond donors (Lipinski definition) is 2. The van der Waals surface area contributed by atoms with Crippen molar-refractivity contribution in [2.75, 3.05) is 5.32 Å². The topological polar surface area (TPSA) is 32.3 Å². The van der Waals surface area contributed by atoms with Gasteiger partial charge in [0.1, 0.15) is 5.75 Å². The van der Waals surface area contributed by atoms with Gasteiger partial charge in [-0.1, -0.05) is 18.2 Å². The van der Waals surface area contributed by atoms with Gasteiger partial charge in [0.05, 0.1) is 5.56 Å². The van der Waals surface area contributed by atoms with Gasteiger partial charge in [-0.15, -0.1) is 0 Å². The summed E-state index contributed by atoms with van der Waals surface area (Å²) in [6.07, 6.45) is -4.38. The molecular formula is C16H16F3NO. The third kappa shape index (κ3) is 3.48. The SMILES string of the molecule is Cc1cc(NC(C)c2ccccc2C(F)(F)F)ccc1O. The normalized spacial score (nSPS) is 13.0. The van der Waals surface area contributed by atoms with E-state index in [1.807, 2.05) is 0 Å². The van der Waals surface area contributed by atoms with Crippen LogP contribution in [0.15, 0.2) is 42.5 Å². The van der Waals surface area contributed by atoms with Crippen LogP contribution in [0.5, 0.6) is 5.75 Å². The second-order valence-electron chi connectivity index (χ2n) is 4.95. The lowest BCUT2D eigenvalue weighted by molar-refractivity contribution is -0.138. The lowest BCUT2D eigenvalue weighted by Crippen LogP contribution is -2.15. The van der Waals surface area contributed by atoms with Gasteiger partial charge in [-0.3, -0.25) is 0 Å². The molecule has 0 amide bonds. The number of halogens is 3. The average molecular weight is 295 g/mol. The monoisotopic (exact) mass is 295 g/mol. The highest BCUT2D eigenvalue weighted by atomic mass is 19.4. The fraction of sp³-hybridized carbons (Fsp3) is 0.250. The number of alkyl halides is 3. The Bertz CT molecular complexity index is 638. The molecule has 0 saturated heterocycles. The number of phenols is 1.